The summed E-state index contributed by atoms with van der Waals surface area (Å²) in [6, 6.07) is 2.69. The summed E-state index contributed by atoms with van der Waals surface area (Å²) in [5, 5.41) is 0. The minimum atomic E-state index is -3.57. The van der Waals surface area contributed by atoms with Crippen LogP contribution in [-0.4, -0.2) is 31.6 Å². The summed E-state index contributed by atoms with van der Waals surface area (Å²) in [7, 11) is -3.57. The second-order valence-electron chi connectivity index (χ2n) is 3.88. The normalized spacial score (nSPS) is 11.4. The van der Waals surface area contributed by atoms with E-state index in [1.807, 2.05) is 0 Å². The van der Waals surface area contributed by atoms with Crippen molar-refractivity contribution in [2.24, 2.45) is 0 Å². The van der Waals surface area contributed by atoms with E-state index < -0.39 is 25.8 Å². The molecular weight excluding hydrogens is 299 g/mol. The third-order valence-electron chi connectivity index (χ3n) is 2.34. The van der Waals surface area contributed by atoms with Gasteiger partial charge in [0, 0.05) is 0 Å². The average Bonchev–Trinajstić information content (AvgIpc) is 2.89. The zero-order valence-electron chi connectivity index (χ0n) is 12.3. The molecule has 0 spiro atoms. The van der Waals surface area contributed by atoms with Gasteiger partial charge >= 0.3 is 13.6 Å². The van der Waals surface area contributed by atoms with Crippen molar-refractivity contribution in [2.75, 3.05) is 19.8 Å². The van der Waals surface area contributed by atoms with Crippen molar-refractivity contribution in [1.82, 2.24) is 0 Å². The maximum absolute atomic E-state index is 12.4. The van der Waals surface area contributed by atoms with Crippen LogP contribution in [0, 0.1) is 0 Å². The smallest absolute Gasteiger partial charge is 0.396 e. The molecule has 7 nitrogen and oxygen atoms in total. The number of rotatable bonds is 9. The first-order valence-corrected chi connectivity index (χ1v) is 8.19. The lowest BCUT2D eigenvalue weighted by Crippen LogP contribution is -2.12. The lowest BCUT2D eigenvalue weighted by molar-refractivity contribution is -0.142. The van der Waals surface area contributed by atoms with Gasteiger partial charge in [-0.15, -0.1) is 0 Å². The van der Waals surface area contributed by atoms with E-state index in [-0.39, 0.29) is 31.1 Å². The van der Waals surface area contributed by atoms with Gasteiger partial charge in [0.05, 0.1) is 19.8 Å². The number of carbonyl (C=O) groups is 2. The highest BCUT2D eigenvalue weighted by Gasteiger charge is 2.31. The molecule has 0 aliphatic rings. The molecule has 21 heavy (non-hydrogen) atoms. The fourth-order valence-electron chi connectivity index (χ4n) is 1.56. The van der Waals surface area contributed by atoms with Crippen LogP contribution >= 0.6 is 7.60 Å². The number of ether oxygens (including phenoxy) is 1. The monoisotopic (exact) mass is 318 g/mol. The Bertz CT molecular complexity index is 524. The Balaban J connectivity index is 2.86. The van der Waals surface area contributed by atoms with Gasteiger partial charge < -0.3 is 18.2 Å². The van der Waals surface area contributed by atoms with Crippen molar-refractivity contribution in [2.45, 2.75) is 27.2 Å². The molecule has 0 bridgehead atoms. The zero-order chi connectivity index (χ0) is 15.9. The number of esters is 1. The van der Waals surface area contributed by atoms with Gasteiger partial charge in [0.2, 0.25) is 11.3 Å². The molecule has 0 unspecified atom stereocenters. The average molecular weight is 318 g/mol. The van der Waals surface area contributed by atoms with E-state index in [2.05, 4.69) is 4.74 Å². The topological polar surface area (TPSA) is 92.0 Å². The first-order chi connectivity index (χ1) is 9.96. The molecule has 1 rings (SSSR count). The molecule has 1 aromatic heterocycles. The van der Waals surface area contributed by atoms with E-state index in [4.69, 9.17) is 13.5 Å². The lowest BCUT2D eigenvalue weighted by Gasteiger charge is -2.13. The molecular formula is C13H19O7P. The molecule has 0 saturated carbocycles. The van der Waals surface area contributed by atoms with Gasteiger partial charge in [-0.3, -0.25) is 14.2 Å². The van der Waals surface area contributed by atoms with E-state index in [9.17, 15) is 14.2 Å². The van der Waals surface area contributed by atoms with Gasteiger partial charge in [0.15, 0.2) is 5.76 Å². The predicted octanol–water partition coefficient (Wildman–Crippen LogP) is 2.31. The molecule has 0 saturated heterocycles. The Morgan fingerprint density at radius 2 is 1.71 bits per heavy atom. The summed E-state index contributed by atoms with van der Waals surface area (Å²) in [6.45, 7) is 5.52. The summed E-state index contributed by atoms with van der Waals surface area (Å²) in [5.74, 6) is -1.28. The minimum absolute atomic E-state index is 0.0570. The first kappa shape index (κ1) is 17.6. The highest BCUT2D eigenvalue weighted by Crippen LogP contribution is 2.47. The Morgan fingerprint density at radius 3 is 2.24 bits per heavy atom. The third-order valence-corrected chi connectivity index (χ3v) is 4.32. The van der Waals surface area contributed by atoms with Gasteiger partial charge in [-0.2, -0.15) is 0 Å². The molecule has 0 atom stereocenters. The molecule has 1 aromatic rings. The number of Topliss-reactive ketones (excluding diaryl/α,β-unsaturated/α-hetero) is 1. The Labute approximate surface area is 123 Å². The summed E-state index contributed by atoms with van der Waals surface area (Å²) in [4.78, 5) is 23.1. The number of ketones is 1. The van der Waals surface area contributed by atoms with Gasteiger partial charge in [-0.1, -0.05) is 0 Å². The fraction of sp³-hybridized carbons (Fsp3) is 0.538. The van der Waals surface area contributed by atoms with E-state index in [0.29, 0.717) is 0 Å². The van der Waals surface area contributed by atoms with Gasteiger partial charge in [-0.25, -0.2) is 0 Å². The van der Waals surface area contributed by atoms with Crippen LogP contribution in [0.3, 0.4) is 0 Å². The van der Waals surface area contributed by atoms with Crippen molar-refractivity contribution in [3.63, 3.8) is 0 Å². The molecule has 0 N–H and O–H groups in total. The highest BCUT2D eigenvalue weighted by atomic mass is 31.2. The highest BCUT2D eigenvalue weighted by molar-refractivity contribution is 7.61. The molecule has 0 aliphatic carbocycles. The number of hydrogen-bond acceptors (Lipinski definition) is 7. The van der Waals surface area contributed by atoms with E-state index >= 15 is 0 Å². The summed E-state index contributed by atoms with van der Waals surface area (Å²) < 4.78 is 32.5. The molecule has 118 valence electrons. The Morgan fingerprint density at radius 1 is 1.10 bits per heavy atom. The second-order valence-corrected chi connectivity index (χ2v) is 5.83. The zero-order valence-corrected chi connectivity index (χ0v) is 13.2. The van der Waals surface area contributed by atoms with Crippen molar-refractivity contribution < 1.29 is 32.4 Å². The van der Waals surface area contributed by atoms with Crippen LogP contribution in [0.25, 0.3) is 0 Å². The van der Waals surface area contributed by atoms with Crippen LogP contribution in [0.15, 0.2) is 16.5 Å². The van der Waals surface area contributed by atoms with Crippen molar-refractivity contribution in [3.05, 3.63) is 17.9 Å². The lowest BCUT2D eigenvalue weighted by atomic mass is 10.2. The van der Waals surface area contributed by atoms with E-state index in [0.717, 1.165) is 0 Å². The van der Waals surface area contributed by atoms with Gasteiger partial charge in [-0.05, 0) is 32.9 Å². The molecule has 0 fully saturated rings. The summed E-state index contributed by atoms with van der Waals surface area (Å²) in [6.07, 6.45) is -0.436. The summed E-state index contributed by atoms with van der Waals surface area (Å²) >= 11 is 0. The fourth-order valence-corrected chi connectivity index (χ4v) is 3.04. The van der Waals surface area contributed by atoms with Crippen molar-refractivity contribution in [1.29, 1.82) is 0 Å². The Hall–Kier alpha value is -1.43. The molecule has 0 aliphatic heterocycles. The van der Waals surface area contributed by atoms with Crippen LogP contribution in [0.4, 0.5) is 0 Å². The van der Waals surface area contributed by atoms with Gasteiger partial charge in [0.1, 0.15) is 6.42 Å². The Kier molecular flexibility index (Phi) is 6.81. The SMILES string of the molecule is CCOC(=O)CC(=O)c1ccc(P(=O)(OCC)OCC)o1. The van der Waals surface area contributed by atoms with Crippen LogP contribution < -0.4 is 5.50 Å². The maximum atomic E-state index is 12.4. The third kappa shape index (κ3) is 4.81. The molecule has 0 radical (unpaired) electrons. The van der Waals surface area contributed by atoms with Crippen LogP contribution in [-0.2, 0) is 23.1 Å². The van der Waals surface area contributed by atoms with Crippen LogP contribution in [0.5, 0.6) is 0 Å². The van der Waals surface area contributed by atoms with Crippen LogP contribution in [0.2, 0.25) is 0 Å². The standard InChI is InChI=1S/C13H19O7P/c1-4-17-12(15)9-10(14)11-7-8-13(20-11)21(16,18-5-2)19-6-3/h7-8H,4-6,9H2,1-3H3. The maximum Gasteiger partial charge on any atom is 0.396 e. The molecule has 0 aromatic carbocycles. The first-order valence-electron chi connectivity index (χ1n) is 6.65. The van der Waals surface area contributed by atoms with Crippen LogP contribution in [0.1, 0.15) is 37.7 Å². The minimum Gasteiger partial charge on any atom is -0.466 e. The second kappa shape index (κ2) is 8.12. The quantitative estimate of drug-likeness (QED) is 0.298. The predicted molar refractivity (Wildman–Crippen MR) is 74.8 cm³/mol. The number of hydrogen-bond donors (Lipinski definition) is 0. The molecule has 8 heteroatoms. The van der Waals surface area contributed by atoms with E-state index in [1.165, 1.54) is 12.1 Å². The molecule has 1 heterocycles. The van der Waals surface area contributed by atoms with E-state index in [1.54, 1.807) is 20.8 Å². The van der Waals surface area contributed by atoms with Gasteiger partial charge in [0.25, 0.3) is 0 Å². The summed E-state index contributed by atoms with van der Waals surface area (Å²) in [5.41, 5.74) is -0.0570. The largest absolute Gasteiger partial charge is 0.466 e. The molecule has 0 amide bonds. The van der Waals surface area contributed by atoms with Crippen molar-refractivity contribution in [3.8, 4) is 0 Å². The van der Waals surface area contributed by atoms with Crippen molar-refractivity contribution >= 4 is 24.8 Å². The number of furan rings is 1. The number of carbonyl (C=O) groups excluding carboxylic acids is 2.